The van der Waals surface area contributed by atoms with Gasteiger partial charge in [-0.2, -0.15) is 5.10 Å². The number of benzene rings is 2. The molecule has 4 nitrogen and oxygen atoms in total. The van der Waals surface area contributed by atoms with Crippen LogP contribution in [0.3, 0.4) is 0 Å². The zero-order valence-electron chi connectivity index (χ0n) is 14.2. The van der Waals surface area contributed by atoms with Crippen LogP contribution in [0.4, 0.5) is 10.1 Å². The van der Waals surface area contributed by atoms with E-state index in [4.69, 9.17) is 11.6 Å². The summed E-state index contributed by atoms with van der Waals surface area (Å²) in [5.41, 5.74) is 4.70. The van der Waals surface area contributed by atoms with Crippen LogP contribution < -0.4 is 5.32 Å². The molecule has 0 fully saturated rings. The minimum absolute atomic E-state index is 0.283. The van der Waals surface area contributed by atoms with E-state index in [-0.39, 0.29) is 11.7 Å². The quantitative estimate of drug-likeness (QED) is 0.726. The molecule has 26 heavy (non-hydrogen) atoms. The Morgan fingerprint density at radius 3 is 2.69 bits per heavy atom. The van der Waals surface area contributed by atoms with Gasteiger partial charge in [-0.25, -0.2) is 9.07 Å². The first-order valence-electron chi connectivity index (χ1n) is 8.47. The Hall–Kier alpha value is -2.66. The first kappa shape index (κ1) is 16.8. The van der Waals surface area contributed by atoms with Crippen LogP contribution in [-0.4, -0.2) is 15.7 Å². The van der Waals surface area contributed by atoms with Crippen molar-refractivity contribution < 1.29 is 9.18 Å². The smallest absolute Gasteiger partial charge is 0.276 e. The highest BCUT2D eigenvalue weighted by atomic mass is 35.5. The van der Waals surface area contributed by atoms with Crippen LogP contribution in [0.15, 0.2) is 42.5 Å². The van der Waals surface area contributed by atoms with Crippen LogP contribution in [0.1, 0.15) is 33.7 Å². The van der Waals surface area contributed by atoms with Gasteiger partial charge in [-0.05, 0) is 68.1 Å². The topological polar surface area (TPSA) is 46.9 Å². The van der Waals surface area contributed by atoms with Gasteiger partial charge in [-0.3, -0.25) is 4.79 Å². The van der Waals surface area contributed by atoms with Crippen LogP contribution in [0.2, 0.25) is 5.02 Å². The number of hydrogen-bond acceptors (Lipinski definition) is 2. The number of halogens is 2. The second-order valence-corrected chi connectivity index (χ2v) is 6.86. The highest BCUT2D eigenvalue weighted by Gasteiger charge is 2.27. The monoisotopic (exact) mass is 369 g/mol. The van der Waals surface area contributed by atoms with E-state index < -0.39 is 0 Å². The number of nitrogens with zero attached hydrogens (tertiary/aromatic N) is 2. The number of fused-ring (bicyclic) bond motifs is 1. The number of hydrogen-bond donors (Lipinski definition) is 1. The van der Waals surface area contributed by atoms with E-state index in [1.165, 1.54) is 12.1 Å². The number of nitrogens with one attached hydrogen (secondary N) is 1. The molecule has 0 atom stereocenters. The van der Waals surface area contributed by atoms with E-state index in [2.05, 4.69) is 10.4 Å². The average molecular weight is 370 g/mol. The van der Waals surface area contributed by atoms with Crippen molar-refractivity contribution in [2.24, 2.45) is 0 Å². The van der Waals surface area contributed by atoms with E-state index in [0.717, 1.165) is 41.8 Å². The fraction of sp³-hybridized carbons (Fsp3) is 0.200. The molecular formula is C20H17ClFN3O. The summed E-state index contributed by atoms with van der Waals surface area (Å²) in [5.74, 6) is -0.584. The van der Waals surface area contributed by atoms with Gasteiger partial charge in [0.25, 0.3) is 5.91 Å². The molecule has 0 unspecified atom stereocenters. The Bertz CT molecular complexity index is 995. The fourth-order valence-corrected chi connectivity index (χ4v) is 3.60. The van der Waals surface area contributed by atoms with E-state index >= 15 is 0 Å². The lowest BCUT2D eigenvalue weighted by Crippen LogP contribution is -2.15. The van der Waals surface area contributed by atoms with Crippen molar-refractivity contribution in [1.29, 1.82) is 0 Å². The van der Waals surface area contributed by atoms with E-state index in [1.54, 1.807) is 28.9 Å². The van der Waals surface area contributed by atoms with Gasteiger partial charge in [0.2, 0.25) is 0 Å². The van der Waals surface area contributed by atoms with Gasteiger partial charge in [0.05, 0.1) is 16.4 Å². The number of carbonyl (C=O) groups excluding carboxylic acids is 1. The van der Waals surface area contributed by atoms with Gasteiger partial charge < -0.3 is 5.32 Å². The zero-order valence-corrected chi connectivity index (χ0v) is 15.0. The van der Waals surface area contributed by atoms with Crippen molar-refractivity contribution in [2.45, 2.75) is 26.2 Å². The highest BCUT2D eigenvalue weighted by molar-refractivity contribution is 6.34. The van der Waals surface area contributed by atoms with Crippen LogP contribution in [-0.2, 0) is 12.8 Å². The summed E-state index contributed by atoms with van der Waals surface area (Å²) >= 11 is 6.22. The van der Waals surface area contributed by atoms with Crippen LogP contribution in [0, 0.1) is 12.7 Å². The third-order valence-electron chi connectivity index (χ3n) is 4.59. The van der Waals surface area contributed by atoms with Gasteiger partial charge in [0.15, 0.2) is 5.69 Å². The molecule has 1 N–H and O–H groups in total. The summed E-state index contributed by atoms with van der Waals surface area (Å²) in [7, 11) is 0. The van der Waals surface area contributed by atoms with Gasteiger partial charge >= 0.3 is 0 Å². The minimum Gasteiger partial charge on any atom is -0.319 e. The molecule has 1 aromatic heterocycles. The zero-order chi connectivity index (χ0) is 18.3. The molecular weight excluding hydrogens is 353 g/mol. The molecule has 0 radical (unpaired) electrons. The molecule has 132 valence electrons. The predicted octanol–water partition coefficient (Wildman–Crippen LogP) is 4.71. The first-order valence-corrected chi connectivity index (χ1v) is 8.85. The maximum Gasteiger partial charge on any atom is 0.276 e. The molecule has 3 aromatic rings. The van der Waals surface area contributed by atoms with Gasteiger partial charge in [-0.15, -0.1) is 0 Å². The summed E-state index contributed by atoms with van der Waals surface area (Å²) in [4.78, 5) is 12.8. The number of anilines is 1. The second kappa shape index (κ2) is 6.57. The molecule has 1 heterocycles. The molecule has 1 aliphatic carbocycles. The van der Waals surface area contributed by atoms with Crippen molar-refractivity contribution >= 4 is 23.2 Å². The molecule has 0 saturated carbocycles. The van der Waals surface area contributed by atoms with E-state index in [9.17, 15) is 9.18 Å². The second-order valence-electron chi connectivity index (χ2n) is 6.45. The van der Waals surface area contributed by atoms with E-state index in [1.807, 2.05) is 13.0 Å². The normalized spacial score (nSPS) is 12.9. The minimum atomic E-state index is -0.301. The molecule has 0 aliphatic heterocycles. The summed E-state index contributed by atoms with van der Waals surface area (Å²) in [5, 5.41) is 7.86. The Morgan fingerprint density at radius 1 is 1.19 bits per heavy atom. The molecule has 0 saturated heterocycles. The number of aryl methyl sites for hydroxylation is 1. The van der Waals surface area contributed by atoms with Crippen molar-refractivity contribution in [1.82, 2.24) is 9.78 Å². The van der Waals surface area contributed by atoms with Crippen LogP contribution >= 0.6 is 11.6 Å². The SMILES string of the molecule is Cc1ccc(NC(=O)c2nn(-c3ccc(F)cc3)c3c2CCC3)c(Cl)c1. The Labute approximate surface area is 155 Å². The lowest BCUT2D eigenvalue weighted by molar-refractivity contribution is 0.102. The Kier molecular flexibility index (Phi) is 4.24. The largest absolute Gasteiger partial charge is 0.319 e. The molecule has 4 rings (SSSR count). The van der Waals surface area contributed by atoms with Crippen molar-refractivity contribution in [2.75, 3.05) is 5.32 Å². The summed E-state index contributed by atoms with van der Waals surface area (Å²) in [6, 6.07) is 11.6. The third-order valence-corrected chi connectivity index (χ3v) is 4.90. The number of aromatic nitrogens is 2. The highest BCUT2D eigenvalue weighted by Crippen LogP contribution is 2.29. The Balaban J connectivity index is 1.69. The average Bonchev–Trinajstić information content (AvgIpc) is 3.20. The summed E-state index contributed by atoms with van der Waals surface area (Å²) < 4.78 is 15.0. The Morgan fingerprint density at radius 2 is 1.96 bits per heavy atom. The molecule has 6 heteroatoms. The van der Waals surface area contributed by atoms with Crippen molar-refractivity contribution in [3.8, 4) is 5.69 Å². The maximum atomic E-state index is 13.2. The lowest BCUT2D eigenvalue weighted by Gasteiger charge is -2.07. The predicted molar refractivity (Wildman–Crippen MR) is 99.7 cm³/mol. The standard InChI is InChI=1S/C20H17ClFN3O/c1-12-5-10-17(16(21)11-12)23-20(26)19-15-3-2-4-18(15)25(24-19)14-8-6-13(22)7-9-14/h5-11H,2-4H2,1H3,(H,23,26). The lowest BCUT2D eigenvalue weighted by atomic mass is 10.2. The number of rotatable bonds is 3. The van der Waals surface area contributed by atoms with Gasteiger partial charge in [0.1, 0.15) is 5.82 Å². The summed E-state index contributed by atoms with van der Waals surface area (Å²) in [6.45, 7) is 1.94. The molecule has 1 amide bonds. The van der Waals surface area contributed by atoms with Crippen molar-refractivity contribution in [3.63, 3.8) is 0 Å². The van der Waals surface area contributed by atoms with Gasteiger partial charge in [-0.1, -0.05) is 17.7 Å². The summed E-state index contributed by atoms with van der Waals surface area (Å²) in [6.07, 6.45) is 2.62. The number of carbonyl (C=O) groups is 1. The van der Waals surface area contributed by atoms with Gasteiger partial charge in [0, 0.05) is 11.3 Å². The first-order chi connectivity index (χ1) is 12.5. The molecule has 1 aliphatic rings. The van der Waals surface area contributed by atoms with Crippen molar-refractivity contribution in [3.05, 3.63) is 75.8 Å². The van der Waals surface area contributed by atoms with Crippen LogP contribution in [0.25, 0.3) is 5.69 Å². The molecule has 0 bridgehead atoms. The fourth-order valence-electron chi connectivity index (χ4n) is 3.32. The molecule has 2 aromatic carbocycles. The third kappa shape index (κ3) is 2.99. The maximum absolute atomic E-state index is 13.2. The van der Waals surface area contributed by atoms with Crippen LogP contribution in [0.5, 0.6) is 0 Å². The van der Waals surface area contributed by atoms with E-state index in [0.29, 0.717) is 16.4 Å². The molecule has 0 spiro atoms. The number of amides is 1.